The Morgan fingerprint density at radius 3 is 2.48 bits per heavy atom. The molecule has 0 saturated heterocycles. The summed E-state index contributed by atoms with van der Waals surface area (Å²) in [5, 5.41) is 8.27. The Hall–Kier alpha value is -3.67. The Labute approximate surface area is 156 Å². The highest BCUT2D eigenvalue weighted by atomic mass is 16.5. The van der Waals surface area contributed by atoms with Crippen LogP contribution in [0, 0.1) is 0 Å². The predicted molar refractivity (Wildman–Crippen MR) is 106 cm³/mol. The summed E-state index contributed by atoms with van der Waals surface area (Å²) in [6, 6.07) is 20.3. The average molecular weight is 361 g/mol. The van der Waals surface area contributed by atoms with Crippen LogP contribution in [0.3, 0.4) is 0 Å². The summed E-state index contributed by atoms with van der Waals surface area (Å²) in [6.07, 6.45) is 1.46. The first-order valence-corrected chi connectivity index (χ1v) is 8.52. The SMILES string of the molecule is CCOc1ccc(C=NNC(=O)C(=O)Nc2cccc3ccccc23)cc1. The Bertz CT molecular complexity index is 976. The maximum absolute atomic E-state index is 12.1. The van der Waals surface area contributed by atoms with Crippen molar-refractivity contribution in [2.24, 2.45) is 5.10 Å². The lowest BCUT2D eigenvalue weighted by Gasteiger charge is -2.07. The van der Waals surface area contributed by atoms with Crippen molar-refractivity contribution in [3.8, 4) is 5.75 Å². The van der Waals surface area contributed by atoms with E-state index in [0.717, 1.165) is 22.1 Å². The van der Waals surface area contributed by atoms with Crippen LogP contribution in [0.5, 0.6) is 5.75 Å². The summed E-state index contributed by atoms with van der Waals surface area (Å²) in [7, 11) is 0. The number of rotatable bonds is 5. The van der Waals surface area contributed by atoms with Crippen LogP contribution in [-0.4, -0.2) is 24.6 Å². The van der Waals surface area contributed by atoms with Crippen molar-refractivity contribution in [3.05, 3.63) is 72.3 Å². The molecule has 2 N–H and O–H groups in total. The van der Waals surface area contributed by atoms with E-state index in [4.69, 9.17) is 4.74 Å². The van der Waals surface area contributed by atoms with Gasteiger partial charge in [-0.05, 0) is 48.2 Å². The molecule has 3 aromatic carbocycles. The van der Waals surface area contributed by atoms with Crippen molar-refractivity contribution in [1.82, 2.24) is 5.43 Å². The molecule has 3 aromatic rings. The van der Waals surface area contributed by atoms with Crippen LogP contribution in [0.2, 0.25) is 0 Å². The minimum atomic E-state index is -0.842. The fourth-order valence-corrected chi connectivity index (χ4v) is 2.55. The molecule has 0 aliphatic heterocycles. The van der Waals surface area contributed by atoms with Crippen molar-refractivity contribution in [2.75, 3.05) is 11.9 Å². The molecule has 0 aromatic heterocycles. The van der Waals surface area contributed by atoms with E-state index in [9.17, 15) is 9.59 Å². The molecule has 6 heteroatoms. The maximum Gasteiger partial charge on any atom is 0.329 e. The van der Waals surface area contributed by atoms with Crippen LogP contribution in [0.15, 0.2) is 71.8 Å². The number of fused-ring (bicyclic) bond motifs is 1. The second kappa shape index (κ2) is 8.62. The van der Waals surface area contributed by atoms with Gasteiger partial charge < -0.3 is 10.1 Å². The number of hydrazone groups is 1. The van der Waals surface area contributed by atoms with Crippen LogP contribution in [-0.2, 0) is 9.59 Å². The zero-order chi connectivity index (χ0) is 19.1. The topological polar surface area (TPSA) is 79.8 Å². The zero-order valence-corrected chi connectivity index (χ0v) is 14.8. The number of hydrogen-bond donors (Lipinski definition) is 2. The standard InChI is InChI=1S/C21H19N3O3/c1-2-27-17-12-10-15(11-13-17)14-22-24-21(26)20(25)23-19-9-5-7-16-6-3-4-8-18(16)19/h3-14H,2H2,1H3,(H,23,25)(H,24,26). The maximum atomic E-state index is 12.1. The van der Waals surface area contributed by atoms with Crippen LogP contribution < -0.4 is 15.5 Å². The number of hydrogen-bond acceptors (Lipinski definition) is 4. The molecule has 0 atom stereocenters. The molecular formula is C21H19N3O3. The minimum absolute atomic E-state index is 0.573. The average Bonchev–Trinajstić information content (AvgIpc) is 2.69. The lowest BCUT2D eigenvalue weighted by Crippen LogP contribution is -2.32. The molecule has 2 amide bonds. The summed E-state index contributed by atoms with van der Waals surface area (Å²) in [6.45, 7) is 2.50. The van der Waals surface area contributed by atoms with Crippen LogP contribution in [0.4, 0.5) is 5.69 Å². The zero-order valence-electron chi connectivity index (χ0n) is 14.8. The molecule has 3 rings (SSSR count). The van der Waals surface area contributed by atoms with Crippen molar-refractivity contribution in [1.29, 1.82) is 0 Å². The van der Waals surface area contributed by atoms with E-state index in [0.29, 0.717) is 12.3 Å². The summed E-state index contributed by atoms with van der Waals surface area (Å²) < 4.78 is 5.35. The van der Waals surface area contributed by atoms with Crippen molar-refractivity contribution in [2.45, 2.75) is 6.92 Å². The lowest BCUT2D eigenvalue weighted by atomic mass is 10.1. The van der Waals surface area contributed by atoms with E-state index in [1.807, 2.05) is 43.3 Å². The number of carbonyl (C=O) groups is 2. The summed E-state index contributed by atoms with van der Waals surface area (Å²) in [5.74, 6) is -0.867. The van der Waals surface area contributed by atoms with E-state index in [2.05, 4.69) is 15.8 Å². The van der Waals surface area contributed by atoms with Crippen LogP contribution in [0.25, 0.3) is 10.8 Å². The van der Waals surface area contributed by atoms with Gasteiger partial charge in [0.15, 0.2) is 0 Å². The molecule has 0 fully saturated rings. The Morgan fingerprint density at radius 1 is 0.963 bits per heavy atom. The Balaban J connectivity index is 1.59. The Morgan fingerprint density at radius 2 is 1.70 bits per heavy atom. The van der Waals surface area contributed by atoms with Gasteiger partial charge in [-0.2, -0.15) is 5.10 Å². The fraction of sp³-hybridized carbons (Fsp3) is 0.0952. The largest absolute Gasteiger partial charge is 0.494 e. The van der Waals surface area contributed by atoms with E-state index >= 15 is 0 Å². The van der Waals surface area contributed by atoms with E-state index in [1.54, 1.807) is 30.3 Å². The molecule has 0 aliphatic rings. The first kappa shape index (κ1) is 18.1. The molecule has 0 aliphatic carbocycles. The normalized spacial score (nSPS) is 10.7. The fourth-order valence-electron chi connectivity index (χ4n) is 2.55. The van der Waals surface area contributed by atoms with Gasteiger partial charge in [0.05, 0.1) is 12.8 Å². The predicted octanol–water partition coefficient (Wildman–Crippen LogP) is 3.33. The first-order chi connectivity index (χ1) is 13.2. The van der Waals surface area contributed by atoms with Gasteiger partial charge in [0.1, 0.15) is 5.75 Å². The molecular weight excluding hydrogens is 342 g/mol. The number of amides is 2. The van der Waals surface area contributed by atoms with Crippen LogP contribution in [0.1, 0.15) is 12.5 Å². The van der Waals surface area contributed by atoms with Crippen LogP contribution >= 0.6 is 0 Å². The monoisotopic (exact) mass is 361 g/mol. The third-order valence-electron chi connectivity index (χ3n) is 3.81. The second-order valence-corrected chi connectivity index (χ2v) is 5.68. The smallest absolute Gasteiger partial charge is 0.329 e. The van der Waals surface area contributed by atoms with Gasteiger partial charge in [-0.1, -0.05) is 36.4 Å². The number of nitrogens with one attached hydrogen (secondary N) is 2. The van der Waals surface area contributed by atoms with Gasteiger partial charge in [-0.3, -0.25) is 9.59 Å². The number of benzene rings is 3. The molecule has 0 unspecified atom stereocenters. The van der Waals surface area contributed by atoms with Gasteiger partial charge in [0.2, 0.25) is 0 Å². The quantitative estimate of drug-likeness (QED) is 0.416. The highest BCUT2D eigenvalue weighted by molar-refractivity contribution is 6.40. The summed E-state index contributed by atoms with van der Waals surface area (Å²) in [4.78, 5) is 24.1. The molecule has 0 radical (unpaired) electrons. The van der Waals surface area contributed by atoms with Gasteiger partial charge in [0, 0.05) is 11.1 Å². The van der Waals surface area contributed by atoms with Gasteiger partial charge in [0.25, 0.3) is 0 Å². The minimum Gasteiger partial charge on any atom is -0.494 e. The van der Waals surface area contributed by atoms with Crippen molar-refractivity contribution in [3.63, 3.8) is 0 Å². The Kier molecular flexibility index (Phi) is 5.79. The molecule has 136 valence electrons. The molecule has 6 nitrogen and oxygen atoms in total. The molecule has 0 saturated carbocycles. The van der Waals surface area contributed by atoms with E-state index in [-0.39, 0.29) is 0 Å². The third-order valence-corrected chi connectivity index (χ3v) is 3.81. The van der Waals surface area contributed by atoms with E-state index in [1.165, 1.54) is 6.21 Å². The number of carbonyl (C=O) groups excluding carboxylic acids is 2. The van der Waals surface area contributed by atoms with Crippen molar-refractivity contribution < 1.29 is 14.3 Å². The molecule has 0 heterocycles. The lowest BCUT2D eigenvalue weighted by molar-refractivity contribution is -0.136. The number of ether oxygens (including phenoxy) is 1. The highest BCUT2D eigenvalue weighted by Gasteiger charge is 2.14. The number of anilines is 1. The molecule has 0 spiro atoms. The second-order valence-electron chi connectivity index (χ2n) is 5.68. The highest BCUT2D eigenvalue weighted by Crippen LogP contribution is 2.22. The third kappa shape index (κ3) is 4.70. The van der Waals surface area contributed by atoms with Gasteiger partial charge in [-0.15, -0.1) is 0 Å². The molecule has 27 heavy (non-hydrogen) atoms. The van der Waals surface area contributed by atoms with E-state index < -0.39 is 11.8 Å². The number of nitrogens with zero attached hydrogens (tertiary/aromatic N) is 1. The first-order valence-electron chi connectivity index (χ1n) is 8.52. The summed E-state index contributed by atoms with van der Waals surface area (Å²) >= 11 is 0. The van der Waals surface area contributed by atoms with Gasteiger partial charge in [-0.25, -0.2) is 5.43 Å². The van der Waals surface area contributed by atoms with Crippen molar-refractivity contribution >= 4 is 34.5 Å². The summed E-state index contributed by atoms with van der Waals surface area (Å²) in [5.41, 5.74) is 3.57. The molecule has 0 bridgehead atoms. The van der Waals surface area contributed by atoms with Gasteiger partial charge >= 0.3 is 11.8 Å².